The number of rotatable bonds is 15. The fourth-order valence-electron chi connectivity index (χ4n) is 2.20. The molecule has 15 heteroatoms. The van der Waals surface area contributed by atoms with Gasteiger partial charge in [-0.05, 0) is 19.3 Å². The van der Waals surface area contributed by atoms with Crippen molar-refractivity contribution in [3.63, 3.8) is 0 Å². The van der Waals surface area contributed by atoms with E-state index in [2.05, 4.69) is 20.9 Å². The van der Waals surface area contributed by atoms with Gasteiger partial charge in [0.05, 0.1) is 13.2 Å². The molecule has 12 N–H and O–H groups in total. The minimum atomic E-state index is -1.37. The Kier molecular flexibility index (Phi) is 12.9. The first-order valence-electron chi connectivity index (χ1n) is 9.21. The van der Waals surface area contributed by atoms with Gasteiger partial charge < -0.3 is 48.5 Å². The van der Waals surface area contributed by atoms with Gasteiger partial charge in [0, 0.05) is 13.0 Å². The lowest BCUT2D eigenvalue weighted by atomic mass is 10.1. The normalized spacial score (nSPS) is 13.2. The van der Waals surface area contributed by atoms with Gasteiger partial charge in [-0.3, -0.25) is 24.2 Å². The third-order valence-electron chi connectivity index (χ3n) is 3.82. The largest absolute Gasteiger partial charge is 0.481 e. The van der Waals surface area contributed by atoms with Crippen LogP contribution in [0.1, 0.15) is 25.7 Å². The van der Waals surface area contributed by atoms with Gasteiger partial charge >= 0.3 is 11.9 Å². The van der Waals surface area contributed by atoms with Crippen LogP contribution in [0.2, 0.25) is 0 Å². The zero-order valence-electron chi connectivity index (χ0n) is 16.7. The molecular weight excluding hydrogens is 418 g/mol. The average Bonchev–Trinajstić information content (AvgIpc) is 2.69. The number of guanidine groups is 1. The molecule has 0 rings (SSSR count). The molecule has 0 aliphatic rings. The van der Waals surface area contributed by atoms with Crippen molar-refractivity contribution in [2.24, 2.45) is 22.2 Å². The number of hydrogen-bond acceptors (Lipinski definition) is 8. The molecular formula is C16H29N7O8. The maximum Gasteiger partial charge on any atom is 0.326 e. The van der Waals surface area contributed by atoms with Gasteiger partial charge in [-0.15, -0.1) is 0 Å². The molecule has 3 unspecified atom stereocenters. The van der Waals surface area contributed by atoms with E-state index < -0.39 is 67.4 Å². The zero-order chi connectivity index (χ0) is 24.0. The molecule has 0 aliphatic heterocycles. The number of carbonyl (C=O) groups is 5. The van der Waals surface area contributed by atoms with Crippen molar-refractivity contribution in [3.05, 3.63) is 0 Å². The fraction of sp³-hybridized carbons (Fsp3) is 0.625. The number of nitrogens with zero attached hydrogens (tertiary/aromatic N) is 1. The number of carboxylic acid groups (broad SMARTS) is 2. The van der Waals surface area contributed by atoms with Crippen LogP contribution < -0.4 is 33.2 Å². The summed E-state index contributed by atoms with van der Waals surface area (Å²) in [5, 5.41) is 33.5. The maximum atomic E-state index is 12.4. The topological polar surface area (TPSA) is 273 Å². The van der Waals surface area contributed by atoms with Crippen molar-refractivity contribution in [1.29, 1.82) is 0 Å². The van der Waals surface area contributed by atoms with Crippen LogP contribution >= 0.6 is 0 Å². The molecule has 3 amide bonds. The van der Waals surface area contributed by atoms with Crippen LogP contribution in [0.4, 0.5) is 0 Å². The maximum absolute atomic E-state index is 12.4. The van der Waals surface area contributed by atoms with E-state index in [1.807, 2.05) is 0 Å². The van der Waals surface area contributed by atoms with Gasteiger partial charge in [-0.1, -0.05) is 0 Å². The standard InChI is InChI=1S/C16H29N7O8/c17-8(7-24)13(28)21-6-11(25)22-9(3-4-12(26)27)14(29)23-10(15(30)31)2-1-5-20-16(18)19/h8-10,24H,1-7,17H2,(H,21,28)(H,22,25)(H,23,29)(H,26,27)(H,30,31)(H4,18,19,20). The SMILES string of the molecule is NC(N)=NCCCC(NC(=O)C(CCC(=O)O)NC(=O)CNC(=O)C(N)CO)C(=O)O. The Morgan fingerprint density at radius 1 is 0.935 bits per heavy atom. The number of nitrogens with two attached hydrogens (primary N) is 3. The third kappa shape index (κ3) is 12.7. The highest BCUT2D eigenvalue weighted by Gasteiger charge is 2.27. The minimum Gasteiger partial charge on any atom is -0.481 e. The average molecular weight is 447 g/mol. The van der Waals surface area contributed by atoms with Crippen LogP contribution in [0.5, 0.6) is 0 Å². The highest BCUT2D eigenvalue weighted by molar-refractivity contribution is 5.92. The van der Waals surface area contributed by atoms with Crippen molar-refractivity contribution >= 4 is 35.6 Å². The van der Waals surface area contributed by atoms with Crippen LogP contribution in [0, 0.1) is 0 Å². The van der Waals surface area contributed by atoms with Gasteiger partial charge in [0.25, 0.3) is 0 Å². The Labute approximate surface area is 177 Å². The Balaban J connectivity index is 4.98. The van der Waals surface area contributed by atoms with Crippen LogP contribution in [0.15, 0.2) is 4.99 Å². The van der Waals surface area contributed by atoms with Crippen LogP contribution in [0.3, 0.4) is 0 Å². The number of carbonyl (C=O) groups excluding carboxylic acids is 3. The molecule has 0 aromatic heterocycles. The minimum absolute atomic E-state index is 0.0213. The summed E-state index contributed by atoms with van der Waals surface area (Å²) in [5.74, 6) is -5.31. The fourth-order valence-corrected chi connectivity index (χ4v) is 2.20. The summed E-state index contributed by atoms with van der Waals surface area (Å²) < 4.78 is 0. The van der Waals surface area contributed by atoms with Crippen LogP contribution in [-0.4, -0.2) is 88.8 Å². The second-order valence-corrected chi connectivity index (χ2v) is 6.41. The van der Waals surface area contributed by atoms with Crippen molar-refractivity contribution in [2.75, 3.05) is 19.7 Å². The van der Waals surface area contributed by atoms with Crippen molar-refractivity contribution in [2.45, 2.75) is 43.8 Å². The predicted molar refractivity (Wildman–Crippen MR) is 106 cm³/mol. The summed E-state index contributed by atoms with van der Waals surface area (Å²) in [4.78, 5) is 61.8. The lowest BCUT2D eigenvalue weighted by Gasteiger charge is -2.21. The van der Waals surface area contributed by atoms with Gasteiger partial charge in [-0.2, -0.15) is 0 Å². The molecule has 176 valence electrons. The molecule has 3 atom stereocenters. The Morgan fingerprint density at radius 2 is 1.58 bits per heavy atom. The van der Waals surface area contributed by atoms with E-state index in [9.17, 15) is 29.1 Å². The van der Waals surface area contributed by atoms with E-state index in [4.69, 9.17) is 27.4 Å². The number of nitrogens with one attached hydrogen (secondary N) is 3. The first-order valence-corrected chi connectivity index (χ1v) is 9.21. The number of aliphatic hydroxyl groups is 1. The molecule has 15 nitrogen and oxygen atoms in total. The Bertz CT molecular complexity index is 681. The van der Waals surface area contributed by atoms with Gasteiger partial charge in [-0.25, -0.2) is 4.79 Å². The summed E-state index contributed by atoms with van der Waals surface area (Å²) in [6.07, 6.45) is -0.593. The second kappa shape index (κ2) is 14.5. The molecule has 0 radical (unpaired) electrons. The summed E-state index contributed by atoms with van der Waals surface area (Å²) in [6, 6.07) is -3.94. The molecule has 0 saturated carbocycles. The van der Waals surface area contributed by atoms with E-state index in [0.717, 1.165) is 0 Å². The number of aliphatic hydroxyl groups excluding tert-OH is 1. The van der Waals surface area contributed by atoms with Crippen LogP contribution in [0.25, 0.3) is 0 Å². The first kappa shape index (κ1) is 27.5. The Morgan fingerprint density at radius 3 is 2.10 bits per heavy atom. The highest BCUT2D eigenvalue weighted by atomic mass is 16.4. The van der Waals surface area contributed by atoms with E-state index in [-0.39, 0.29) is 31.8 Å². The molecule has 31 heavy (non-hydrogen) atoms. The van der Waals surface area contributed by atoms with Gasteiger partial charge in [0.2, 0.25) is 17.7 Å². The van der Waals surface area contributed by atoms with E-state index in [1.54, 1.807) is 0 Å². The summed E-state index contributed by atoms with van der Waals surface area (Å²) in [5.41, 5.74) is 15.6. The van der Waals surface area contributed by atoms with Gasteiger partial charge in [0.15, 0.2) is 5.96 Å². The molecule has 0 fully saturated rings. The number of amides is 3. The predicted octanol–water partition coefficient (Wildman–Crippen LogP) is -4.61. The smallest absolute Gasteiger partial charge is 0.326 e. The lowest BCUT2D eigenvalue weighted by Crippen LogP contribution is -2.54. The molecule has 0 spiro atoms. The number of aliphatic imine (C=N–C) groups is 1. The van der Waals surface area contributed by atoms with Crippen molar-refractivity contribution in [1.82, 2.24) is 16.0 Å². The molecule has 0 heterocycles. The van der Waals surface area contributed by atoms with Crippen molar-refractivity contribution in [3.8, 4) is 0 Å². The number of hydrogen-bond donors (Lipinski definition) is 9. The quantitative estimate of drug-likeness (QED) is 0.0654. The first-order chi connectivity index (χ1) is 14.5. The third-order valence-corrected chi connectivity index (χ3v) is 3.82. The lowest BCUT2D eigenvalue weighted by molar-refractivity contribution is -0.143. The number of aliphatic carboxylic acids is 2. The number of carboxylic acids is 2. The molecule has 0 bridgehead atoms. The van der Waals surface area contributed by atoms with E-state index in [1.165, 1.54) is 0 Å². The Hall–Kier alpha value is -3.46. The monoisotopic (exact) mass is 447 g/mol. The second-order valence-electron chi connectivity index (χ2n) is 6.41. The molecule has 0 aromatic carbocycles. The molecule has 0 saturated heterocycles. The van der Waals surface area contributed by atoms with Gasteiger partial charge in [0.1, 0.15) is 18.1 Å². The highest BCUT2D eigenvalue weighted by Crippen LogP contribution is 2.03. The molecule has 0 aromatic rings. The van der Waals surface area contributed by atoms with Crippen molar-refractivity contribution < 1.29 is 39.3 Å². The van der Waals surface area contributed by atoms with Crippen LogP contribution in [-0.2, 0) is 24.0 Å². The summed E-state index contributed by atoms with van der Waals surface area (Å²) >= 11 is 0. The summed E-state index contributed by atoms with van der Waals surface area (Å²) in [7, 11) is 0. The van der Waals surface area contributed by atoms with E-state index >= 15 is 0 Å². The van der Waals surface area contributed by atoms with E-state index in [0.29, 0.717) is 0 Å². The summed E-state index contributed by atoms with van der Waals surface area (Å²) in [6.45, 7) is -1.10. The molecule has 0 aliphatic carbocycles. The zero-order valence-corrected chi connectivity index (χ0v) is 16.7.